The molecule has 0 aliphatic carbocycles. The highest BCUT2D eigenvalue weighted by atomic mass is 19.1. The second-order valence-electron chi connectivity index (χ2n) is 8.90. The van der Waals surface area contributed by atoms with E-state index in [2.05, 4.69) is 15.1 Å². The zero-order valence-corrected chi connectivity index (χ0v) is 18.6. The molecule has 1 N–H and O–H groups in total. The molecule has 0 aromatic heterocycles. The van der Waals surface area contributed by atoms with E-state index in [1.165, 1.54) is 11.0 Å². The summed E-state index contributed by atoms with van der Waals surface area (Å²) in [7, 11) is 0. The van der Waals surface area contributed by atoms with Gasteiger partial charge in [-0.3, -0.25) is 24.6 Å². The largest absolute Gasteiger partial charge is 0.367 e. The number of hydrogen-bond donors (Lipinski definition) is 1. The molecule has 3 aliphatic rings. The Morgan fingerprint density at radius 2 is 1.79 bits per heavy atom. The average Bonchev–Trinajstić information content (AvgIpc) is 3.15. The number of piperidine rings is 1. The third-order valence-electron chi connectivity index (χ3n) is 6.78. The third kappa shape index (κ3) is 4.13. The lowest BCUT2D eigenvalue weighted by molar-refractivity contribution is -0.136. The van der Waals surface area contributed by atoms with Crippen molar-refractivity contribution >= 4 is 29.1 Å². The standard InChI is InChI=1S/C25H24FN5O3/c1-27-18-4-2-16(3-5-18)14-29-8-10-30(11-9-29)22-12-17-15-31(25(34)19(17)13-20(22)26)21-6-7-23(32)28-24(21)33/h2-5,12-13,21H,6-11,14-15H2,(H,28,32,33). The smallest absolute Gasteiger partial charge is 0.255 e. The van der Waals surface area contributed by atoms with Crippen LogP contribution in [0.5, 0.6) is 0 Å². The van der Waals surface area contributed by atoms with Gasteiger partial charge in [-0.1, -0.05) is 24.3 Å². The second kappa shape index (κ2) is 8.88. The number of fused-ring (bicyclic) bond motifs is 1. The summed E-state index contributed by atoms with van der Waals surface area (Å²) in [6.45, 7) is 10.9. The molecular weight excluding hydrogens is 437 g/mol. The zero-order chi connectivity index (χ0) is 23.8. The van der Waals surface area contributed by atoms with E-state index in [0.29, 0.717) is 30.0 Å². The summed E-state index contributed by atoms with van der Waals surface area (Å²) in [5.41, 5.74) is 3.21. The van der Waals surface area contributed by atoms with Crippen molar-refractivity contribution in [3.05, 3.63) is 70.3 Å². The average molecular weight is 461 g/mol. The molecule has 0 bridgehead atoms. The minimum Gasteiger partial charge on any atom is -0.367 e. The molecule has 0 spiro atoms. The Bertz CT molecular complexity index is 1200. The molecule has 2 aromatic rings. The fourth-order valence-electron chi connectivity index (χ4n) is 4.90. The topological polar surface area (TPSA) is 77.3 Å². The molecule has 174 valence electrons. The highest BCUT2D eigenvalue weighted by Gasteiger charge is 2.39. The molecule has 9 heteroatoms. The van der Waals surface area contributed by atoms with Gasteiger partial charge in [0.1, 0.15) is 11.9 Å². The summed E-state index contributed by atoms with van der Waals surface area (Å²) >= 11 is 0. The summed E-state index contributed by atoms with van der Waals surface area (Å²) in [5, 5.41) is 2.28. The summed E-state index contributed by atoms with van der Waals surface area (Å²) in [6.07, 6.45) is 0.465. The molecule has 2 aromatic carbocycles. The highest BCUT2D eigenvalue weighted by molar-refractivity contribution is 6.05. The van der Waals surface area contributed by atoms with Crippen molar-refractivity contribution in [2.75, 3.05) is 31.1 Å². The van der Waals surface area contributed by atoms with Crippen LogP contribution >= 0.6 is 0 Å². The fraction of sp³-hybridized carbons (Fsp3) is 0.360. The van der Waals surface area contributed by atoms with Gasteiger partial charge in [0.25, 0.3) is 5.91 Å². The maximum absolute atomic E-state index is 15.0. The summed E-state index contributed by atoms with van der Waals surface area (Å²) in [5.74, 6) is -1.62. The van der Waals surface area contributed by atoms with E-state index >= 15 is 4.39 Å². The second-order valence-corrected chi connectivity index (χ2v) is 8.90. The van der Waals surface area contributed by atoms with Crippen molar-refractivity contribution < 1.29 is 18.8 Å². The van der Waals surface area contributed by atoms with Crippen molar-refractivity contribution in [3.8, 4) is 0 Å². The number of carbonyl (C=O) groups is 3. The first-order valence-electron chi connectivity index (χ1n) is 11.3. The van der Waals surface area contributed by atoms with Gasteiger partial charge in [-0.15, -0.1) is 0 Å². The Labute approximate surface area is 196 Å². The van der Waals surface area contributed by atoms with Gasteiger partial charge in [-0.25, -0.2) is 9.24 Å². The molecule has 0 radical (unpaired) electrons. The van der Waals surface area contributed by atoms with E-state index in [1.807, 2.05) is 29.2 Å². The fourth-order valence-corrected chi connectivity index (χ4v) is 4.90. The normalized spacial score (nSPS) is 20.8. The lowest BCUT2D eigenvalue weighted by Crippen LogP contribution is -2.52. The predicted molar refractivity (Wildman–Crippen MR) is 123 cm³/mol. The van der Waals surface area contributed by atoms with Crippen LogP contribution in [0.4, 0.5) is 15.8 Å². The number of rotatable bonds is 4. The molecule has 0 saturated carbocycles. The number of imide groups is 1. The van der Waals surface area contributed by atoms with Crippen LogP contribution in [0.25, 0.3) is 4.85 Å². The summed E-state index contributed by atoms with van der Waals surface area (Å²) < 4.78 is 15.0. The molecule has 2 saturated heterocycles. The number of piperazine rings is 1. The maximum atomic E-state index is 15.0. The molecule has 3 aliphatic heterocycles. The van der Waals surface area contributed by atoms with E-state index in [9.17, 15) is 14.4 Å². The first kappa shape index (κ1) is 22.0. The van der Waals surface area contributed by atoms with Crippen LogP contribution in [0.1, 0.15) is 34.3 Å². The van der Waals surface area contributed by atoms with Crippen molar-refractivity contribution in [2.45, 2.75) is 32.0 Å². The van der Waals surface area contributed by atoms with E-state index < -0.39 is 17.8 Å². The maximum Gasteiger partial charge on any atom is 0.255 e. The molecule has 2 fully saturated rings. The van der Waals surface area contributed by atoms with Gasteiger partial charge in [0.2, 0.25) is 11.8 Å². The number of amides is 3. The minimum absolute atomic E-state index is 0.185. The number of halogens is 1. The van der Waals surface area contributed by atoms with E-state index in [-0.39, 0.29) is 36.8 Å². The van der Waals surface area contributed by atoms with E-state index in [4.69, 9.17) is 6.57 Å². The molecule has 3 heterocycles. The van der Waals surface area contributed by atoms with E-state index in [1.54, 1.807) is 6.07 Å². The van der Waals surface area contributed by atoms with Gasteiger partial charge >= 0.3 is 0 Å². The quantitative estimate of drug-likeness (QED) is 0.559. The van der Waals surface area contributed by atoms with Crippen LogP contribution in [-0.4, -0.2) is 59.7 Å². The summed E-state index contributed by atoms with van der Waals surface area (Å²) in [4.78, 5) is 45.7. The highest BCUT2D eigenvalue weighted by Crippen LogP contribution is 2.33. The van der Waals surface area contributed by atoms with Gasteiger partial charge in [0.15, 0.2) is 5.69 Å². The molecule has 5 rings (SSSR count). The molecule has 34 heavy (non-hydrogen) atoms. The van der Waals surface area contributed by atoms with Gasteiger partial charge < -0.3 is 9.80 Å². The number of hydrogen-bond acceptors (Lipinski definition) is 5. The van der Waals surface area contributed by atoms with Crippen LogP contribution < -0.4 is 10.2 Å². The van der Waals surface area contributed by atoms with Gasteiger partial charge in [0.05, 0.1) is 12.3 Å². The Morgan fingerprint density at radius 1 is 1.06 bits per heavy atom. The lowest BCUT2D eigenvalue weighted by atomic mass is 10.0. The molecule has 3 amide bonds. The van der Waals surface area contributed by atoms with Crippen molar-refractivity contribution in [3.63, 3.8) is 0 Å². The molecule has 1 atom stereocenters. The number of nitrogens with zero attached hydrogens (tertiary/aromatic N) is 4. The Kier molecular flexibility index (Phi) is 5.75. The van der Waals surface area contributed by atoms with E-state index in [0.717, 1.165) is 25.2 Å². The number of benzene rings is 2. The number of carbonyl (C=O) groups excluding carboxylic acids is 3. The van der Waals surface area contributed by atoms with Crippen molar-refractivity contribution in [1.82, 2.24) is 15.1 Å². The van der Waals surface area contributed by atoms with Crippen LogP contribution in [-0.2, 0) is 22.7 Å². The molecule has 1 unspecified atom stereocenters. The van der Waals surface area contributed by atoms with Crippen LogP contribution in [0.2, 0.25) is 0 Å². The molecular formula is C25H24FN5O3. The Balaban J connectivity index is 1.25. The van der Waals surface area contributed by atoms with Crippen LogP contribution in [0, 0.1) is 12.4 Å². The van der Waals surface area contributed by atoms with Gasteiger partial charge in [-0.2, -0.15) is 0 Å². The number of anilines is 1. The first-order valence-corrected chi connectivity index (χ1v) is 11.3. The van der Waals surface area contributed by atoms with Crippen molar-refractivity contribution in [2.24, 2.45) is 0 Å². The van der Waals surface area contributed by atoms with Crippen molar-refractivity contribution in [1.29, 1.82) is 0 Å². The first-order chi connectivity index (χ1) is 16.4. The third-order valence-corrected chi connectivity index (χ3v) is 6.78. The Hall–Kier alpha value is -3.77. The Morgan fingerprint density at radius 3 is 2.47 bits per heavy atom. The van der Waals surface area contributed by atoms with Crippen LogP contribution in [0.3, 0.4) is 0 Å². The van der Waals surface area contributed by atoms with Gasteiger partial charge in [-0.05, 0) is 29.7 Å². The molecule has 8 nitrogen and oxygen atoms in total. The zero-order valence-electron chi connectivity index (χ0n) is 18.6. The van der Waals surface area contributed by atoms with Gasteiger partial charge in [0, 0.05) is 51.3 Å². The summed E-state index contributed by atoms with van der Waals surface area (Å²) in [6, 6.07) is 9.86. The van der Waals surface area contributed by atoms with Crippen LogP contribution in [0.15, 0.2) is 36.4 Å². The SMILES string of the molecule is [C-]#[N+]c1ccc(CN2CCN(c3cc4c(cc3F)C(=O)N(C3CCC(=O)NC3=O)C4)CC2)cc1. The minimum atomic E-state index is -0.712. The predicted octanol–water partition coefficient (Wildman–Crippen LogP) is 2.46. The number of nitrogens with one attached hydrogen (secondary N) is 1. The monoisotopic (exact) mass is 461 g/mol. The lowest BCUT2D eigenvalue weighted by Gasteiger charge is -2.36.